The van der Waals surface area contributed by atoms with Gasteiger partial charge in [-0.15, -0.1) is 0 Å². The summed E-state index contributed by atoms with van der Waals surface area (Å²) in [5, 5.41) is 0. The van der Waals surface area contributed by atoms with E-state index in [4.69, 9.17) is 9.47 Å². The van der Waals surface area contributed by atoms with Crippen LogP contribution >= 0.6 is 0 Å². The monoisotopic (exact) mass is 319 g/mol. The molecule has 0 N–H and O–H groups in total. The molecule has 23 heavy (non-hydrogen) atoms. The first-order valence-electron chi connectivity index (χ1n) is 8.68. The number of hydrogen-bond donors (Lipinski definition) is 0. The molecule has 1 heterocycles. The van der Waals surface area contributed by atoms with Gasteiger partial charge in [-0.05, 0) is 71.8 Å². The summed E-state index contributed by atoms with van der Waals surface area (Å²) in [7, 11) is 0. The molecular weight excluding hydrogens is 290 g/mol. The normalized spacial score (nSPS) is 15.4. The third-order valence-corrected chi connectivity index (χ3v) is 3.84. The van der Waals surface area contributed by atoms with Crippen LogP contribution in [0.2, 0.25) is 0 Å². The van der Waals surface area contributed by atoms with Gasteiger partial charge >= 0.3 is 0 Å². The largest absolute Gasteiger partial charge is 0.487 e. The van der Waals surface area contributed by atoms with Crippen LogP contribution in [0, 0.1) is 0 Å². The Labute approximate surface area is 139 Å². The van der Waals surface area contributed by atoms with E-state index < -0.39 is 0 Å². The van der Waals surface area contributed by atoms with Crippen molar-refractivity contribution < 1.29 is 14.3 Å². The van der Waals surface area contributed by atoms with Gasteiger partial charge in [0.2, 0.25) is 0 Å². The quantitative estimate of drug-likeness (QED) is 0.681. The Morgan fingerprint density at radius 1 is 1.04 bits per heavy atom. The van der Waals surface area contributed by atoms with Crippen LogP contribution in [0.15, 0.2) is 18.2 Å². The molecule has 1 aromatic carbocycles. The minimum absolute atomic E-state index is 0.0412. The van der Waals surface area contributed by atoms with Gasteiger partial charge in [-0.3, -0.25) is 4.79 Å². The fraction of sp³-hybridized carbons (Fsp3) is 0.632. The Balaban J connectivity index is 2.06. The molecule has 0 spiro atoms. The van der Waals surface area contributed by atoms with Gasteiger partial charge in [0.25, 0.3) is 0 Å². The van der Waals surface area contributed by atoms with Crippen LogP contribution < -0.4 is 9.47 Å². The molecule has 1 aliphatic rings. The van der Waals surface area contributed by atoms with Gasteiger partial charge in [0, 0.05) is 18.5 Å². The van der Waals surface area contributed by atoms with Crippen molar-refractivity contribution in [2.75, 3.05) is 19.6 Å². The van der Waals surface area contributed by atoms with E-state index >= 15 is 0 Å². The molecule has 0 atom stereocenters. The molecule has 1 aliphatic heterocycles. The summed E-state index contributed by atoms with van der Waals surface area (Å²) in [6, 6.07) is 5.52. The maximum absolute atomic E-state index is 12.4. The van der Waals surface area contributed by atoms with Crippen LogP contribution in [0.1, 0.15) is 57.3 Å². The third-order valence-electron chi connectivity index (χ3n) is 3.84. The second-order valence-corrected chi connectivity index (χ2v) is 6.72. The van der Waals surface area contributed by atoms with Gasteiger partial charge < -0.3 is 14.4 Å². The Morgan fingerprint density at radius 3 is 2.26 bits per heavy atom. The van der Waals surface area contributed by atoms with Crippen molar-refractivity contribution in [3.8, 4) is 11.5 Å². The highest BCUT2D eigenvalue weighted by molar-refractivity contribution is 5.96. The number of carbonyl (C=O) groups is 1. The second-order valence-electron chi connectivity index (χ2n) is 6.72. The Kier molecular flexibility index (Phi) is 6.46. The first-order valence-corrected chi connectivity index (χ1v) is 8.68. The highest BCUT2D eigenvalue weighted by atomic mass is 16.5. The molecule has 0 aliphatic carbocycles. The van der Waals surface area contributed by atoms with E-state index in [-0.39, 0.29) is 18.0 Å². The fourth-order valence-electron chi connectivity index (χ4n) is 2.79. The molecule has 1 saturated heterocycles. The molecule has 1 fully saturated rings. The summed E-state index contributed by atoms with van der Waals surface area (Å²) in [5.74, 6) is 1.52. The minimum atomic E-state index is 0.0412. The zero-order valence-electron chi connectivity index (χ0n) is 14.8. The van der Waals surface area contributed by atoms with Crippen LogP contribution in [0.3, 0.4) is 0 Å². The SMILES string of the molecule is CC(C)Oc1ccc(C(=O)CCN2CCCC2)cc1OC(C)C. The topological polar surface area (TPSA) is 38.8 Å². The zero-order chi connectivity index (χ0) is 16.8. The number of ether oxygens (including phenoxy) is 2. The predicted octanol–water partition coefficient (Wildman–Crippen LogP) is 3.93. The summed E-state index contributed by atoms with van der Waals surface area (Å²) in [4.78, 5) is 14.8. The number of nitrogens with zero attached hydrogens (tertiary/aromatic N) is 1. The van der Waals surface area contributed by atoms with Crippen molar-refractivity contribution in [2.45, 2.75) is 59.2 Å². The number of hydrogen-bond acceptors (Lipinski definition) is 4. The standard InChI is InChI=1S/C19H29NO3/c1-14(2)22-18-8-7-16(13-19(18)23-15(3)4)17(21)9-12-20-10-5-6-11-20/h7-8,13-15H,5-6,9-12H2,1-4H3. The van der Waals surface area contributed by atoms with Crippen molar-refractivity contribution >= 4 is 5.78 Å². The van der Waals surface area contributed by atoms with Gasteiger partial charge in [0.05, 0.1) is 12.2 Å². The molecule has 4 heteroatoms. The molecule has 1 aromatic rings. The second kappa shape index (κ2) is 8.34. The number of ketones is 1. The van der Waals surface area contributed by atoms with E-state index in [1.165, 1.54) is 12.8 Å². The van der Waals surface area contributed by atoms with E-state index in [9.17, 15) is 4.79 Å². The van der Waals surface area contributed by atoms with Gasteiger partial charge in [-0.25, -0.2) is 0 Å². The lowest BCUT2D eigenvalue weighted by Gasteiger charge is -2.18. The van der Waals surface area contributed by atoms with E-state index in [0.717, 1.165) is 19.6 Å². The number of Topliss-reactive ketones (excluding diaryl/α,β-unsaturated/α-hetero) is 1. The molecule has 2 rings (SSSR count). The van der Waals surface area contributed by atoms with Crippen molar-refractivity contribution in [2.24, 2.45) is 0 Å². The molecular formula is C19H29NO3. The maximum atomic E-state index is 12.4. The van der Waals surface area contributed by atoms with Crippen LogP contribution in [0.5, 0.6) is 11.5 Å². The van der Waals surface area contributed by atoms with Crippen molar-refractivity contribution in [3.05, 3.63) is 23.8 Å². The first-order chi connectivity index (χ1) is 11.0. The van der Waals surface area contributed by atoms with Crippen LogP contribution in [0.25, 0.3) is 0 Å². The van der Waals surface area contributed by atoms with E-state index in [1.54, 1.807) is 0 Å². The Bertz CT molecular complexity index is 519. The van der Waals surface area contributed by atoms with E-state index in [1.807, 2.05) is 45.9 Å². The number of carbonyl (C=O) groups excluding carboxylic acids is 1. The highest BCUT2D eigenvalue weighted by Gasteiger charge is 2.16. The molecule has 0 bridgehead atoms. The smallest absolute Gasteiger partial charge is 0.164 e. The number of benzene rings is 1. The summed E-state index contributed by atoms with van der Waals surface area (Å²) in [6.45, 7) is 11.0. The van der Waals surface area contributed by atoms with Crippen LogP contribution in [-0.2, 0) is 0 Å². The molecule has 128 valence electrons. The van der Waals surface area contributed by atoms with Gasteiger partial charge in [-0.1, -0.05) is 0 Å². The minimum Gasteiger partial charge on any atom is -0.487 e. The molecule has 0 saturated carbocycles. The third kappa shape index (κ3) is 5.54. The van der Waals surface area contributed by atoms with Crippen molar-refractivity contribution in [1.29, 1.82) is 0 Å². The lowest BCUT2D eigenvalue weighted by Crippen LogP contribution is -2.22. The Hall–Kier alpha value is -1.55. The number of rotatable bonds is 8. The molecule has 0 amide bonds. The van der Waals surface area contributed by atoms with E-state index in [2.05, 4.69) is 4.90 Å². The molecule has 0 aromatic heterocycles. The van der Waals surface area contributed by atoms with E-state index in [0.29, 0.717) is 23.5 Å². The lowest BCUT2D eigenvalue weighted by molar-refractivity contribution is 0.0968. The summed E-state index contributed by atoms with van der Waals surface area (Å²) in [6.07, 6.45) is 3.18. The average Bonchev–Trinajstić information content (AvgIpc) is 2.99. The Morgan fingerprint density at radius 2 is 1.65 bits per heavy atom. The van der Waals surface area contributed by atoms with Gasteiger partial charge in [0.15, 0.2) is 17.3 Å². The zero-order valence-corrected chi connectivity index (χ0v) is 14.8. The molecule has 0 radical (unpaired) electrons. The van der Waals surface area contributed by atoms with Crippen molar-refractivity contribution in [3.63, 3.8) is 0 Å². The van der Waals surface area contributed by atoms with Crippen LogP contribution in [0.4, 0.5) is 0 Å². The summed E-state index contributed by atoms with van der Waals surface area (Å²) >= 11 is 0. The molecule has 4 nitrogen and oxygen atoms in total. The van der Waals surface area contributed by atoms with Crippen molar-refractivity contribution in [1.82, 2.24) is 4.90 Å². The first kappa shape index (κ1) is 17.8. The molecule has 0 unspecified atom stereocenters. The predicted molar refractivity (Wildman–Crippen MR) is 92.6 cm³/mol. The van der Waals surface area contributed by atoms with Gasteiger partial charge in [0.1, 0.15) is 0 Å². The highest BCUT2D eigenvalue weighted by Crippen LogP contribution is 2.30. The number of likely N-dealkylation sites (tertiary alicyclic amines) is 1. The fourth-order valence-corrected chi connectivity index (χ4v) is 2.79. The summed E-state index contributed by atoms with van der Waals surface area (Å²) in [5.41, 5.74) is 0.705. The average molecular weight is 319 g/mol. The maximum Gasteiger partial charge on any atom is 0.164 e. The lowest BCUT2D eigenvalue weighted by atomic mass is 10.1. The summed E-state index contributed by atoms with van der Waals surface area (Å²) < 4.78 is 11.6. The van der Waals surface area contributed by atoms with Gasteiger partial charge in [-0.2, -0.15) is 0 Å². The van der Waals surface area contributed by atoms with Crippen LogP contribution in [-0.4, -0.2) is 42.5 Å².